The minimum Gasteiger partial charge on any atom is -0.481 e. The minimum atomic E-state index is -0.690. The van der Waals surface area contributed by atoms with Gasteiger partial charge in [0.25, 0.3) is 0 Å². The molecule has 0 aromatic carbocycles. The van der Waals surface area contributed by atoms with E-state index in [-0.39, 0.29) is 6.04 Å². The Morgan fingerprint density at radius 3 is 2.62 bits per heavy atom. The standard InChI is InChI=1S/C12H17NO2S/c1-8-4-7-16-10(8)12(11(14)15)5-2-9(13)3-6-12/h4,7,9H,2-3,5-6,13H2,1H3,(H,14,15). The first-order chi connectivity index (χ1) is 7.56. The summed E-state index contributed by atoms with van der Waals surface area (Å²) in [6.45, 7) is 1.99. The van der Waals surface area contributed by atoms with Crippen molar-refractivity contribution < 1.29 is 9.90 Å². The quantitative estimate of drug-likeness (QED) is 0.832. The Morgan fingerprint density at radius 2 is 2.19 bits per heavy atom. The Balaban J connectivity index is 2.37. The summed E-state index contributed by atoms with van der Waals surface area (Å²) in [5.41, 5.74) is 6.29. The summed E-state index contributed by atoms with van der Waals surface area (Å²) in [6.07, 6.45) is 2.96. The average Bonchev–Trinajstić information content (AvgIpc) is 2.66. The summed E-state index contributed by atoms with van der Waals surface area (Å²) in [7, 11) is 0. The highest BCUT2D eigenvalue weighted by Gasteiger charge is 2.44. The molecule has 0 spiro atoms. The third kappa shape index (κ3) is 1.76. The lowest BCUT2D eigenvalue weighted by Gasteiger charge is -2.35. The highest BCUT2D eigenvalue weighted by Crippen LogP contribution is 2.43. The highest BCUT2D eigenvalue weighted by molar-refractivity contribution is 7.10. The molecule has 16 heavy (non-hydrogen) atoms. The van der Waals surface area contributed by atoms with Crippen molar-refractivity contribution in [2.24, 2.45) is 5.73 Å². The topological polar surface area (TPSA) is 63.3 Å². The van der Waals surface area contributed by atoms with Crippen LogP contribution in [0.25, 0.3) is 0 Å². The SMILES string of the molecule is Cc1ccsc1C1(C(=O)O)CCC(N)CC1. The van der Waals surface area contributed by atoms with Gasteiger partial charge in [0, 0.05) is 10.9 Å². The Labute approximate surface area is 99.3 Å². The summed E-state index contributed by atoms with van der Waals surface area (Å²) in [4.78, 5) is 12.6. The van der Waals surface area contributed by atoms with E-state index in [2.05, 4.69) is 0 Å². The molecule has 0 bridgehead atoms. The van der Waals surface area contributed by atoms with E-state index in [1.807, 2.05) is 18.4 Å². The van der Waals surface area contributed by atoms with Crippen molar-refractivity contribution in [1.29, 1.82) is 0 Å². The molecule has 0 saturated heterocycles. The van der Waals surface area contributed by atoms with E-state index in [1.165, 1.54) is 0 Å². The maximum absolute atomic E-state index is 11.6. The van der Waals surface area contributed by atoms with Crippen molar-refractivity contribution in [2.45, 2.75) is 44.1 Å². The number of aryl methyl sites for hydroxylation is 1. The van der Waals surface area contributed by atoms with E-state index in [0.717, 1.165) is 23.3 Å². The normalized spacial score (nSPS) is 30.2. The van der Waals surface area contributed by atoms with Crippen LogP contribution in [0.4, 0.5) is 0 Å². The number of carboxylic acids is 1. The van der Waals surface area contributed by atoms with Crippen molar-refractivity contribution in [3.05, 3.63) is 21.9 Å². The molecule has 0 radical (unpaired) electrons. The molecule has 4 heteroatoms. The monoisotopic (exact) mass is 239 g/mol. The second kappa shape index (κ2) is 4.18. The molecule has 1 saturated carbocycles. The summed E-state index contributed by atoms with van der Waals surface area (Å²) >= 11 is 1.56. The molecule has 1 heterocycles. The van der Waals surface area contributed by atoms with Crippen molar-refractivity contribution in [3.63, 3.8) is 0 Å². The molecule has 1 fully saturated rings. The van der Waals surface area contributed by atoms with Crippen LogP contribution in [0.5, 0.6) is 0 Å². The van der Waals surface area contributed by atoms with Crippen LogP contribution in [0.1, 0.15) is 36.1 Å². The van der Waals surface area contributed by atoms with E-state index < -0.39 is 11.4 Å². The van der Waals surface area contributed by atoms with Gasteiger partial charge in [-0.05, 0) is 49.6 Å². The number of hydrogen-bond donors (Lipinski definition) is 2. The van der Waals surface area contributed by atoms with Gasteiger partial charge >= 0.3 is 5.97 Å². The maximum Gasteiger partial charge on any atom is 0.314 e. The molecule has 1 aromatic heterocycles. The number of aliphatic carboxylic acids is 1. The maximum atomic E-state index is 11.6. The van der Waals surface area contributed by atoms with Crippen molar-refractivity contribution in [1.82, 2.24) is 0 Å². The Bertz CT molecular complexity index is 391. The van der Waals surface area contributed by atoms with Gasteiger partial charge in [-0.2, -0.15) is 0 Å². The van der Waals surface area contributed by atoms with Crippen molar-refractivity contribution >= 4 is 17.3 Å². The molecule has 3 N–H and O–H groups in total. The predicted molar refractivity (Wildman–Crippen MR) is 64.8 cm³/mol. The van der Waals surface area contributed by atoms with Gasteiger partial charge in [-0.1, -0.05) is 0 Å². The Hall–Kier alpha value is -0.870. The number of hydrogen-bond acceptors (Lipinski definition) is 3. The molecule has 0 atom stereocenters. The fourth-order valence-electron chi connectivity index (χ4n) is 2.53. The largest absolute Gasteiger partial charge is 0.481 e. The van der Waals surface area contributed by atoms with Gasteiger partial charge in [0.05, 0.1) is 0 Å². The zero-order valence-electron chi connectivity index (χ0n) is 9.40. The van der Waals surface area contributed by atoms with Gasteiger partial charge in [0.1, 0.15) is 5.41 Å². The van der Waals surface area contributed by atoms with Gasteiger partial charge in [0.15, 0.2) is 0 Å². The second-order valence-corrected chi connectivity index (χ2v) is 5.57. The number of carboxylic acid groups (broad SMARTS) is 1. The van der Waals surface area contributed by atoms with Gasteiger partial charge in [-0.3, -0.25) is 4.79 Å². The predicted octanol–water partition coefficient (Wildman–Crippen LogP) is 2.28. The molecular weight excluding hydrogens is 222 g/mol. The van der Waals surface area contributed by atoms with Crippen LogP contribution < -0.4 is 5.73 Å². The molecule has 3 nitrogen and oxygen atoms in total. The van der Waals surface area contributed by atoms with E-state index in [4.69, 9.17) is 5.73 Å². The fraction of sp³-hybridized carbons (Fsp3) is 0.583. The van der Waals surface area contributed by atoms with E-state index in [0.29, 0.717) is 12.8 Å². The molecule has 1 aliphatic carbocycles. The molecular formula is C12H17NO2S. The molecule has 2 rings (SSSR count). The molecule has 0 amide bonds. The fourth-order valence-corrected chi connectivity index (χ4v) is 3.71. The molecule has 0 unspecified atom stereocenters. The third-order valence-corrected chi connectivity index (χ3v) is 4.81. The molecule has 88 valence electrons. The van der Waals surface area contributed by atoms with Crippen molar-refractivity contribution in [2.75, 3.05) is 0 Å². The number of carbonyl (C=O) groups is 1. The minimum absolute atomic E-state index is 0.174. The van der Waals surface area contributed by atoms with E-state index in [9.17, 15) is 9.90 Å². The van der Waals surface area contributed by atoms with Gasteiger partial charge in [-0.15, -0.1) is 11.3 Å². The van der Waals surface area contributed by atoms with Crippen LogP contribution in [0, 0.1) is 6.92 Å². The van der Waals surface area contributed by atoms with Crippen LogP contribution in [0.3, 0.4) is 0 Å². The van der Waals surface area contributed by atoms with Crippen molar-refractivity contribution in [3.8, 4) is 0 Å². The third-order valence-electron chi connectivity index (χ3n) is 3.59. The lowest BCUT2D eigenvalue weighted by Crippen LogP contribution is -2.42. The van der Waals surface area contributed by atoms with Gasteiger partial charge in [-0.25, -0.2) is 0 Å². The number of thiophene rings is 1. The molecule has 0 aliphatic heterocycles. The van der Waals surface area contributed by atoms with E-state index in [1.54, 1.807) is 11.3 Å². The van der Waals surface area contributed by atoms with Crippen LogP contribution in [-0.4, -0.2) is 17.1 Å². The van der Waals surface area contributed by atoms with Crippen LogP contribution in [-0.2, 0) is 10.2 Å². The molecule has 1 aromatic rings. The van der Waals surface area contributed by atoms with E-state index >= 15 is 0 Å². The smallest absolute Gasteiger partial charge is 0.314 e. The summed E-state index contributed by atoms with van der Waals surface area (Å²) in [6, 6.07) is 2.17. The number of nitrogens with two attached hydrogens (primary N) is 1. The lowest BCUT2D eigenvalue weighted by molar-refractivity contribution is -0.145. The average molecular weight is 239 g/mol. The lowest BCUT2D eigenvalue weighted by atomic mass is 9.71. The first-order valence-corrected chi connectivity index (χ1v) is 6.48. The summed E-state index contributed by atoms with van der Waals surface area (Å²) in [5, 5.41) is 11.5. The highest BCUT2D eigenvalue weighted by atomic mass is 32.1. The first-order valence-electron chi connectivity index (χ1n) is 5.60. The van der Waals surface area contributed by atoms with Gasteiger partial charge in [0.2, 0.25) is 0 Å². The molecule has 1 aliphatic rings. The van der Waals surface area contributed by atoms with Crippen LogP contribution in [0.2, 0.25) is 0 Å². The zero-order valence-corrected chi connectivity index (χ0v) is 10.2. The van der Waals surface area contributed by atoms with Gasteiger partial charge < -0.3 is 10.8 Å². The second-order valence-electron chi connectivity index (χ2n) is 4.66. The van der Waals surface area contributed by atoms with Crippen LogP contribution >= 0.6 is 11.3 Å². The number of rotatable bonds is 2. The zero-order chi connectivity index (χ0) is 11.8. The first kappa shape index (κ1) is 11.6. The van der Waals surface area contributed by atoms with Crippen LogP contribution in [0.15, 0.2) is 11.4 Å². The Morgan fingerprint density at radius 1 is 1.56 bits per heavy atom. The Kier molecular flexibility index (Phi) is 3.04. The summed E-state index contributed by atoms with van der Waals surface area (Å²) < 4.78 is 0. The summed E-state index contributed by atoms with van der Waals surface area (Å²) in [5.74, 6) is -0.690.